The molecule has 40 heavy (non-hydrogen) atoms. The fraction of sp³-hybridized carbons (Fsp3) is 0.333. The van der Waals surface area contributed by atoms with E-state index in [9.17, 15) is 23.2 Å². The average Bonchev–Trinajstić information content (AvgIpc) is 3.44. The van der Waals surface area contributed by atoms with Gasteiger partial charge in [0.25, 0.3) is 0 Å². The van der Waals surface area contributed by atoms with Crippen molar-refractivity contribution in [2.24, 2.45) is 5.92 Å². The van der Waals surface area contributed by atoms with Gasteiger partial charge in [-0.3, -0.25) is 14.4 Å². The molecule has 3 aliphatic rings. The van der Waals surface area contributed by atoms with Gasteiger partial charge in [0.15, 0.2) is 0 Å². The van der Waals surface area contributed by atoms with E-state index in [1.807, 2.05) is 24.3 Å². The molecule has 3 heterocycles. The third kappa shape index (κ3) is 4.95. The number of fused-ring (bicyclic) bond motifs is 3. The molecule has 1 fully saturated rings. The van der Waals surface area contributed by atoms with Crippen molar-refractivity contribution in [1.29, 1.82) is 0 Å². The number of pyridine rings is 1. The standard InChI is InChI=1S/C30H29F2N5O3/c31-22-9-18(10-23(32)12-22)16-37(28(39)20-3-1-7-33-15-20)17-26(38)35-24-6-5-19-13-30(14-21(19)11-24)25-4-2-8-34-27(25)36-29(30)40/h2,4-6,8-12,20,33H,1,3,7,13-17H2,(H,35,38)(H,34,36,40). The van der Waals surface area contributed by atoms with E-state index in [0.29, 0.717) is 37.3 Å². The molecule has 206 valence electrons. The van der Waals surface area contributed by atoms with E-state index in [4.69, 9.17) is 0 Å². The maximum Gasteiger partial charge on any atom is 0.244 e. The van der Waals surface area contributed by atoms with Crippen molar-refractivity contribution < 1.29 is 23.2 Å². The number of halogens is 2. The summed E-state index contributed by atoms with van der Waals surface area (Å²) < 4.78 is 27.7. The zero-order chi connectivity index (χ0) is 27.9. The van der Waals surface area contributed by atoms with Crippen LogP contribution in [-0.2, 0) is 39.2 Å². The molecule has 1 aromatic heterocycles. The van der Waals surface area contributed by atoms with Gasteiger partial charge in [-0.2, -0.15) is 0 Å². The molecule has 2 atom stereocenters. The average molecular weight is 546 g/mol. The number of carbonyl (C=O) groups excluding carboxylic acids is 3. The molecule has 0 bridgehead atoms. The molecule has 8 nitrogen and oxygen atoms in total. The van der Waals surface area contributed by atoms with Gasteiger partial charge in [0.1, 0.15) is 24.0 Å². The number of hydrogen-bond acceptors (Lipinski definition) is 5. The quantitative estimate of drug-likeness (QED) is 0.441. The number of hydrogen-bond donors (Lipinski definition) is 3. The van der Waals surface area contributed by atoms with Crippen molar-refractivity contribution in [2.75, 3.05) is 30.3 Å². The van der Waals surface area contributed by atoms with Gasteiger partial charge in [0, 0.05) is 36.6 Å². The molecule has 1 saturated heterocycles. The van der Waals surface area contributed by atoms with E-state index < -0.39 is 23.0 Å². The Morgan fingerprint density at radius 2 is 1.88 bits per heavy atom. The highest BCUT2D eigenvalue weighted by atomic mass is 19.1. The molecule has 2 unspecified atom stereocenters. The molecule has 6 rings (SSSR count). The Kier molecular flexibility index (Phi) is 6.79. The van der Waals surface area contributed by atoms with E-state index in [0.717, 1.165) is 35.7 Å². The molecule has 10 heteroatoms. The van der Waals surface area contributed by atoms with Crippen LogP contribution in [0, 0.1) is 17.6 Å². The molecule has 1 spiro atoms. The third-order valence-corrected chi connectivity index (χ3v) is 8.05. The Hall–Kier alpha value is -4.18. The van der Waals surface area contributed by atoms with E-state index >= 15 is 0 Å². The number of piperidine rings is 1. The Bertz CT molecular complexity index is 1490. The molecule has 3 N–H and O–H groups in total. The smallest absolute Gasteiger partial charge is 0.244 e. The van der Waals surface area contributed by atoms with Crippen LogP contribution in [0.2, 0.25) is 0 Å². The van der Waals surface area contributed by atoms with Gasteiger partial charge in [0.2, 0.25) is 17.7 Å². The highest BCUT2D eigenvalue weighted by Crippen LogP contribution is 2.46. The Morgan fingerprint density at radius 3 is 2.65 bits per heavy atom. The van der Waals surface area contributed by atoms with Crippen molar-refractivity contribution >= 4 is 29.2 Å². The summed E-state index contributed by atoms with van der Waals surface area (Å²) in [4.78, 5) is 45.2. The van der Waals surface area contributed by atoms with Crippen LogP contribution in [0.3, 0.4) is 0 Å². The second-order valence-corrected chi connectivity index (χ2v) is 10.8. The first-order valence-electron chi connectivity index (χ1n) is 13.4. The van der Waals surface area contributed by atoms with Crippen molar-refractivity contribution in [3.05, 3.63) is 88.6 Å². The van der Waals surface area contributed by atoms with E-state index in [2.05, 4.69) is 20.9 Å². The molecule has 2 aliphatic heterocycles. The van der Waals surface area contributed by atoms with Gasteiger partial charge in [-0.1, -0.05) is 12.1 Å². The molecule has 3 aromatic rings. The van der Waals surface area contributed by atoms with Crippen LogP contribution in [0.25, 0.3) is 0 Å². The lowest BCUT2D eigenvalue weighted by atomic mass is 9.79. The number of rotatable bonds is 6. The molecule has 3 amide bonds. The number of nitrogens with zero attached hydrogens (tertiary/aromatic N) is 2. The Balaban J connectivity index is 1.18. The molecular weight excluding hydrogens is 516 g/mol. The highest BCUT2D eigenvalue weighted by Gasteiger charge is 2.51. The van der Waals surface area contributed by atoms with Crippen LogP contribution in [0.5, 0.6) is 0 Å². The van der Waals surface area contributed by atoms with Crippen LogP contribution < -0.4 is 16.0 Å². The lowest BCUT2D eigenvalue weighted by Crippen LogP contribution is -2.45. The molecule has 1 aliphatic carbocycles. The first-order valence-corrected chi connectivity index (χ1v) is 13.4. The number of nitrogens with one attached hydrogen (secondary N) is 3. The minimum absolute atomic E-state index is 0.0804. The second kappa shape index (κ2) is 10.4. The maximum absolute atomic E-state index is 13.8. The van der Waals surface area contributed by atoms with Gasteiger partial charge in [-0.25, -0.2) is 13.8 Å². The van der Waals surface area contributed by atoms with Crippen LogP contribution in [0.15, 0.2) is 54.7 Å². The summed E-state index contributed by atoms with van der Waals surface area (Å²) >= 11 is 0. The summed E-state index contributed by atoms with van der Waals surface area (Å²) in [6, 6.07) is 12.4. The maximum atomic E-state index is 13.8. The summed E-state index contributed by atoms with van der Waals surface area (Å²) in [5.41, 5.74) is 2.97. The van der Waals surface area contributed by atoms with Gasteiger partial charge in [0.05, 0.1) is 11.3 Å². The van der Waals surface area contributed by atoms with E-state index in [1.165, 1.54) is 17.0 Å². The largest absolute Gasteiger partial charge is 0.329 e. The van der Waals surface area contributed by atoms with Gasteiger partial charge >= 0.3 is 0 Å². The van der Waals surface area contributed by atoms with E-state index in [1.54, 1.807) is 12.3 Å². The predicted molar refractivity (Wildman–Crippen MR) is 144 cm³/mol. The summed E-state index contributed by atoms with van der Waals surface area (Å²) in [5, 5.41) is 8.96. The number of aromatic nitrogens is 1. The zero-order valence-electron chi connectivity index (χ0n) is 21.8. The van der Waals surface area contributed by atoms with Crippen molar-refractivity contribution in [2.45, 2.75) is 37.6 Å². The SMILES string of the molecule is O=C(CN(Cc1cc(F)cc(F)c1)C(=O)C1CCCNC1)Nc1ccc2c(c1)CC1(C2)C(=O)Nc2ncccc21. The molecule has 0 radical (unpaired) electrons. The Labute approximate surface area is 230 Å². The normalized spacial score (nSPS) is 21.1. The van der Waals surface area contributed by atoms with Crippen LogP contribution >= 0.6 is 0 Å². The second-order valence-electron chi connectivity index (χ2n) is 10.8. The van der Waals surface area contributed by atoms with Gasteiger partial charge in [-0.05, 0) is 79.3 Å². The fourth-order valence-corrected chi connectivity index (χ4v) is 6.17. The van der Waals surface area contributed by atoms with Gasteiger partial charge < -0.3 is 20.9 Å². The lowest BCUT2D eigenvalue weighted by molar-refractivity contribution is -0.139. The minimum atomic E-state index is -0.739. The Morgan fingerprint density at radius 1 is 1.07 bits per heavy atom. The summed E-state index contributed by atoms with van der Waals surface area (Å²) in [6.07, 6.45) is 4.20. The number of benzene rings is 2. The first kappa shape index (κ1) is 26.1. The number of amides is 3. The first-order chi connectivity index (χ1) is 19.3. The van der Waals surface area contributed by atoms with Gasteiger partial charge in [-0.15, -0.1) is 0 Å². The topological polar surface area (TPSA) is 103 Å². The monoisotopic (exact) mass is 545 g/mol. The summed E-state index contributed by atoms with van der Waals surface area (Å²) in [7, 11) is 0. The molecular formula is C30H29F2N5O3. The minimum Gasteiger partial charge on any atom is -0.329 e. The third-order valence-electron chi connectivity index (χ3n) is 8.05. The zero-order valence-corrected chi connectivity index (χ0v) is 21.8. The van der Waals surface area contributed by atoms with Crippen LogP contribution in [0.1, 0.15) is 35.1 Å². The van der Waals surface area contributed by atoms with Crippen molar-refractivity contribution in [3.63, 3.8) is 0 Å². The van der Waals surface area contributed by atoms with E-state index in [-0.39, 0.29) is 36.4 Å². The predicted octanol–water partition coefficient (Wildman–Crippen LogP) is 3.32. The fourth-order valence-electron chi connectivity index (χ4n) is 6.17. The lowest BCUT2D eigenvalue weighted by Gasteiger charge is -2.29. The van der Waals surface area contributed by atoms with Crippen LogP contribution in [-0.4, -0.2) is 47.2 Å². The number of carbonyl (C=O) groups is 3. The number of anilines is 2. The highest BCUT2D eigenvalue weighted by molar-refractivity contribution is 6.06. The molecule has 0 saturated carbocycles. The summed E-state index contributed by atoms with van der Waals surface area (Å²) in [5.74, 6) is -1.94. The molecule has 2 aromatic carbocycles. The van der Waals surface area contributed by atoms with Crippen molar-refractivity contribution in [1.82, 2.24) is 15.2 Å². The summed E-state index contributed by atoms with van der Waals surface area (Å²) in [6.45, 7) is 0.957. The van der Waals surface area contributed by atoms with Crippen molar-refractivity contribution in [3.8, 4) is 0 Å². The van der Waals surface area contributed by atoms with Crippen LogP contribution in [0.4, 0.5) is 20.3 Å².